The summed E-state index contributed by atoms with van der Waals surface area (Å²) in [6.07, 6.45) is -5.12. The van der Waals surface area contributed by atoms with Gasteiger partial charge in [-0.25, -0.2) is 23.7 Å². The summed E-state index contributed by atoms with van der Waals surface area (Å²) in [7, 11) is -16.7. The molecule has 6 atom stereocenters. The van der Waals surface area contributed by atoms with Gasteiger partial charge in [-0.15, -0.1) is 0 Å². The molecule has 180 valence electrons. The van der Waals surface area contributed by atoms with Crippen LogP contribution in [0.25, 0.3) is 11.2 Å². The molecule has 2 aromatic rings. The maximum absolute atomic E-state index is 11.9. The Morgan fingerprint density at radius 3 is 2.41 bits per heavy atom. The Balaban J connectivity index is 1.72. The van der Waals surface area contributed by atoms with Gasteiger partial charge in [0.2, 0.25) is 0 Å². The van der Waals surface area contributed by atoms with Crippen molar-refractivity contribution in [1.29, 1.82) is 0 Å². The molecule has 2 aromatic heterocycles. The fourth-order valence-electron chi connectivity index (χ4n) is 2.79. The number of nitrogens with one attached hydrogen (secondary N) is 1. The first kappa shape index (κ1) is 25.3. The average Bonchev–Trinajstić information content (AvgIpc) is 3.12. The summed E-state index contributed by atoms with van der Waals surface area (Å²) >= 11 is 0. The SMILES string of the molecule is Cc1nc2c(ncn2[C@@H]2O[C@H](COP(=O)(O)OP(=O)(O)OP(=O)(O)O)[C@H](O)C2O)c(=O)[nH]1. The van der Waals surface area contributed by atoms with E-state index in [0.29, 0.717) is 0 Å². The van der Waals surface area contributed by atoms with E-state index < -0.39 is 60.2 Å². The van der Waals surface area contributed by atoms with E-state index in [1.165, 1.54) is 6.92 Å². The molecule has 18 nitrogen and oxygen atoms in total. The molecule has 1 aliphatic rings. The highest BCUT2D eigenvalue weighted by Gasteiger charge is 2.47. The Kier molecular flexibility index (Phi) is 6.93. The van der Waals surface area contributed by atoms with Gasteiger partial charge in [-0.05, 0) is 6.92 Å². The predicted octanol–water partition coefficient (Wildman–Crippen LogP) is -1.61. The smallest absolute Gasteiger partial charge is 0.387 e. The zero-order valence-corrected chi connectivity index (χ0v) is 18.4. The number of rotatable bonds is 8. The molecular weight excluding hydrogens is 505 g/mol. The number of phosphoric acid groups is 3. The number of aromatic amines is 1. The summed E-state index contributed by atoms with van der Waals surface area (Å²) in [6, 6.07) is 0. The van der Waals surface area contributed by atoms with E-state index in [4.69, 9.17) is 19.4 Å². The lowest BCUT2D eigenvalue weighted by Crippen LogP contribution is -2.33. The molecule has 0 aromatic carbocycles. The number of hydrogen-bond donors (Lipinski definition) is 7. The highest BCUT2D eigenvalue weighted by Crippen LogP contribution is 2.66. The molecule has 3 unspecified atom stereocenters. The van der Waals surface area contributed by atoms with Gasteiger partial charge in [-0.3, -0.25) is 13.9 Å². The summed E-state index contributed by atoms with van der Waals surface area (Å²) < 4.78 is 51.8. The van der Waals surface area contributed by atoms with Crippen LogP contribution in [-0.4, -0.2) is 74.2 Å². The number of ether oxygens (including phenoxy) is 1. The Morgan fingerprint density at radius 2 is 1.78 bits per heavy atom. The number of aliphatic hydroxyl groups is 2. The van der Waals surface area contributed by atoms with Crippen LogP contribution >= 0.6 is 23.5 Å². The number of hydrogen-bond acceptors (Lipinski definition) is 12. The lowest BCUT2D eigenvalue weighted by Gasteiger charge is -2.19. The Labute approximate surface area is 176 Å². The molecule has 1 aliphatic heterocycles. The Bertz CT molecular complexity index is 1210. The van der Waals surface area contributed by atoms with Gasteiger partial charge in [-0.2, -0.15) is 8.62 Å². The maximum Gasteiger partial charge on any atom is 0.490 e. The molecule has 0 radical (unpaired) electrons. The van der Waals surface area contributed by atoms with Gasteiger partial charge in [0.05, 0.1) is 12.9 Å². The van der Waals surface area contributed by atoms with Crippen molar-refractivity contribution in [3.63, 3.8) is 0 Å². The van der Waals surface area contributed by atoms with Crippen LogP contribution in [0.4, 0.5) is 0 Å². The number of aliphatic hydroxyl groups excluding tert-OH is 2. The summed E-state index contributed by atoms with van der Waals surface area (Å²) in [6.45, 7) is 0.502. The molecule has 21 heteroatoms. The molecule has 3 heterocycles. The van der Waals surface area contributed by atoms with Crippen LogP contribution in [0, 0.1) is 6.92 Å². The van der Waals surface area contributed by atoms with Crippen molar-refractivity contribution in [3.8, 4) is 0 Å². The number of imidazole rings is 1. The molecule has 32 heavy (non-hydrogen) atoms. The van der Waals surface area contributed by atoms with Gasteiger partial charge >= 0.3 is 23.5 Å². The zero-order chi connectivity index (χ0) is 24.1. The first-order valence-electron chi connectivity index (χ1n) is 8.32. The number of fused-ring (bicyclic) bond motifs is 1. The summed E-state index contributed by atoms with van der Waals surface area (Å²) in [4.78, 5) is 57.9. The first-order chi connectivity index (χ1) is 14.6. The van der Waals surface area contributed by atoms with E-state index in [2.05, 4.69) is 28.1 Å². The zero-order valence-electron chi connectivity index (χ0n) is 15.7. The normalized spacial score (nSPS) is 28.0. The van der Waals surface area contributed by atoms with Gasteiger partial charge in [0.25, 0.3) is 5.56 Å². The van der Waals surface area contributed by atoms with E-state index in [-0.39, 0.29) is 17.0 Å². The lowest BCUT2D eigenvalue weighted by molar-refractivity contribution is -0.0503. The highest BCUT2D eigenvalue weighted by atomic mass is 31.3. The van der Waals surface area contributed by atoms with Crippen molar-refractivity contribution in [2.24, 2.45) is 0 Å². The topological polar surface area (TPSA) is 273 Å². The molecule has 0 saturated carbocycles. The maximum atomic E-state index is 11.9. The van der Waals surface area contributed by atoms with Crippen LogP contribution in [0.5, 0.6) is 0 Å². The van der Waals surface area contributed by atoms with E-state index in [1.54, 1.807) is 0 Å². The summed E-state index contributed by atoms with van der Waals surface area (Å²) in [5.41, 5.74) is -0.642. The third-order valence-electron chi connectivity index (χ3n) is 3.98. The van der Waals surface area contributed by atoms with Crippen LogP contribution in [-0.2, 0) is 31.6 Å². The van der Waals surface area contributed by atoms with Gasteiger partial charge in [-0.1, -0.05) is 0 Å². The van der Waals surface area contributed by atoms with Gasteiger partial charge < -0.3 is 39.5 Å². The molecule has 7 N–H and O–H groups in total. The van der Waals surface area contributed by atoms with Crippen molar-refractivity contribution < 1.29 is 61.4 Å². The van der Waals surface area contributed by atoms with Crippen molar-refractivity contribution >= 4 is 34.6 Å². The Hall–Kier alpha value is -1.36. The number of H-pyrrole nitrogens is 1. The second-order valence-electron chi connectivity index (χ2n) is 6.41. The number of aryl methyl sites for hydroxylation is 1. The third-order valence-corrected chi connectivity index (χ3v) is 7.78. The second-order valence-corrected chi connectivity index (χ2v) is 10.8. The van der Waals surface area contributed by atoms with E-state index in [1.807, 2.05) is 0 Å². The quantitative estimate of drug-likeness (QED) is 0.192. The molecule has 0 amide bonds. The molecule has 0 spiro atoms. The largest absolute Gasteiger partial charge is 0.490 e. The Morgan fingerprint density at radius 1 is 1.12 bits per heavy atom. The standard InChI is InChI=1S/C11H17N4O14P3/c1-4-13-9-6(10(18)14-4)12-3-15(9)11-8(17)7(16)5(27-11)2-26-31(22,23)29-32(24,25)28-30(19,20)21/h3,5,7-8,11,16-17H,2H2,1H3,(H,22,23)(H,24,25)(H,13,14,18)(H2,19,20,21)/t5-,7+,8?,11-/m1/s1. The number of phosphoric ester groups is 1. The van der Waals surface area contributed by atoms with E-state index in [9.17, 15) is 33.6 Å². The van der Waals surface area contributed by atoms with Crippen LogP contribution in [0.2, 0.25) is 0 Å². The van der Waals surface area contributed by atoms with Gasteiger partial charge in [0.1, 0.15) is 24.1 Å². The number of nitrogens with zero attached hydrogens (tertiary/aromatic N) is 3. The van der Waals surface area contributed by atoms with Crippen molar-refractivity contribution in [3.05, 3.63) is 22.5 Å². The van der Waals surface area contributed by atoms with Gasteiger partial charge in [0.15, 0.2) is 17.4 Å². The van der Waals surface area contributed by atoms with Gasteiger partial charge in [0, 0.05) is 0 Å². The fraction of sp³-hybridized carbons (Fsp3) is 0.545. The van der Waals surface area contributed by atoms with E-state index >= 15 is 0 Å². The molecule has 3 rings (SSSR count). The average molecular weight is 522 g/mol. The van der Waals surface area contributed by atoms with Crippen molar-refractivity contribution in [1.82, 2.24) is 19.5 Å². The lowest BCUT2D eigenvalue weighted by atomic mass is 10.1. The highest BCUT2D eigenvalue weighted by molar-refractivity contribution is 7.66. The predicted molar refractivity (Wildman–Crippen MR) is 98.6 cm³/mol. The monoisotopic (exact) mass is 522 g/mol. The minimum atomic E-state index is -5.72. The molecule has 0 aliphatic carbocycles. The van der Waals surface area contributed by atoms with Crippen LogP contribution in [0.15, 0.2) is 11.1 Å². The minimum absolute atomic E-state index is 0.0102. The van der Waals surface area contributed by atoms with Crippen LogP contribution in [0.3, 0.4) is 0 Å². The fourth-order valence-corrected chi connectivity index (χ4v) is 5.82. The number of aromatic nitrogens is 4. The van der Waals surface area contributed by atoms with E-state index in [0.717, 1.165) is 10.9 Å². The molecule has 0 bridgehead atoms. The summed E-state index contributed by atoms with van der Waals surface area (Å²) in [5, 5.41) is 20.5. The molecule has 1 fully saturated rings. The molecular formula is C11H17N4O14P3. The first-order valence-corrected chi connectivity index (χ1v) is 12.8. The summed E-state index contributed by atoms with van der Waals surface area (Å²) in [5.74, 6) is 0.224. The van der Waals surface area contributed by atoms with Crippen LogP contribution in [0.1, 0.15) is 12.1 Å². The van der Waals surface area contributed by atoms with Crippen LogP contribution < -0.4 is 5.56 Å². The van der Waals surface area contributed by atoms with Crippen molar-refractivity contribution in [2.45, 2.75) is 31.5 Å². The third kappa shape index (κ3) is 5.76. The second kappa shape index (κ2) is 8.77. The minimum Gasteiger partial charge on any atom is -0.387 e. The van der Waals surface area contributed by atoms with Crippen molar-refractivity contribution in [2.75, 3.05) is 6.61 Å². The molecule has 1 saturated heterocycles.